The molecule has 1 aromatic heterocycles. The van der Waals surface area contributed by atoms with E-state index in [1.54, 1.807) is 36.4 Å². The first-order valence-electron chi connectivity index (χ1n) is 7.42. The number of fused-ring (bicyclic) bond motifs is 2. The number of rotatable bonds is 2. The lowest BCUT2D eigenvalue weighted by atomic mass is 10.0. The Kier molecular flexibility index (Phi) is 3.66. The number of hydrogen-bond donors (Lipinski definition) is 0. The fourth-order valence-electron chi connectivity index (χ4n) is 2.90. The maximum atomic E-state index is 13.1. The standard InChI is InChI=1S/C18H16F3NO/c1-3-12-5-6-13-16(9-12)22(10-18(19,20)21)15-7-4-11(2)8-14(15)17(13)23/h4-9H,3,10H2,1-2H3. The van der Waals surface area contributed by atoms with Crippen molar-refractivity contribution in [2.45, 2.75) is 33.0 Å². The van der Waals surface area contributed by atoms with Gasteiger partial charge in [-0.05, 0) is 43.2 Å². The molecule has 0 fully saturated rings. The number of halogens is 3. The molecule has 0 aliphatic carbocycles. The Bertz CT molecular complexity index is 954. The summed E-state index contributed by atoms with van der Waals surface area (Å²) in [5.74, 6) is 0. The minimum absolute atomic E-state index is 0.222. The van der Waals surface area contributed by atoms with E-state index in [2.05, 4.69) is 0 Å². The van der Waals surface area contributed by atoms with Gasteiger partial charge >= 0.3 is 6.18 Å². The second kappa shape index (κ2) is 5.41. The monoisotopic (exact) mass is 319 g/mol. The van der Waals surface area contributed by atoms with E-state index in [0.29, 0.717) is 28.2 Å². The van der Waals surface area contributed by atoms with Crippen LogP contribution < -0.4 is 5.43 Å². The van der Waals surface area contributed by atoms with E-state index >= 15 is 0 Å². The summed E-state index contributed by atoms with van der Waals surface area (Å²) in [6, 6.07) is 10.1. The largest absolute Gasteiger partial charge is 0.406 e. The first-order chi connectivity index (χ1) is 10.8. The zero-order chi connectivity index (χ0) is 16.8. The lowest BCUT2D eigenvalue weighted by Gasteiger charge is -2.17. The summed E-state index contributed by atoms with van der Waals surface area (Å²) in [6.45, 7) is 2.63. The number of nitrogens with zero attached hydrogens (tertiary/aromatic N) is 1. The summed E-state index contributed by atoms with van der Waals surface area (Å²) in [5, 5.41) is 0.649. The molecule has 120 valence electrons. The smallest absolute Gasteiger partial charge is 0.331 e. The molecular weight excluding hydrogens is 303 g/mol. The first kappa shape index (κ1) is 15.6. The zero-order valence-electron chi connectivity index (χ0n) is 12.9. The number of aryl methyl sites for hydroxylation is 2. The third kappa shape index (κ3) is 2.83. The maximum absolute atomic E-state index is 13.1. The van der Waals surface area contributed by atoms with Crippen LogP contribution in [0.1, 0.15) is 18.1 Å². The van der Waals surface area contributed by atoms with Gasteiger partial charge in [0.05, 0.1) is 11.0 Å². The van der Waals surface area contributed by atoms with E-state index in [4.69, 9.17) is 0 Å². The average molecular weight is 319 g/mol. The van der Waals surface area contributed by atoms with E-state index in [9.17, 15) is 18.0 Å². The normalized spacial score (nSPS) is 12.2. The minimum atomic E-state index is -4.36. The molecule has 0 bridgehead atoms. The number of alkyl halides is 3. The molecule has 0 atom stereocenters. The lowest BCUT2D eigenvalue weighted by Crippen LogP contribution is -2.21. The van der Waals surface area contributed by atoms with Crippen LogP contribution in [-0.4, -0.2) is 10.7 Å². The molecule has 0 radical (unpaired) electrons. The van der Waals surface area contributed by atoms with Crippen LogP contribution >= 0.6 is 0 Å². The fraction of sp³-hybridized carbons (Fsp3) is 0.278. The quantitative estimate of drug-likeness (QED) is 0.633. The molecule has 2 aromatic carbocycles. The van der Waals surface area contributed by atoms with Gasteiger partial charge in [-0.3, -0.25) is 4.79 Å². The Labute approximate surface area is 131 Å². The molecule has 0 saturated heterocycles. The number of aromatic nitrogens is 1. The van der Waals surface area contributed by atoms with Crippen LogP contribution in [0.25, 0.3) is 21.8 Å². The highest BCUT2D eigenvalue weighted by Gasteiger charge is 2.29. The summed E-state index contributed by atoms with van der Waals surface area (Å²) < 4.78 is 40.4. The van der Waals surface area contributed by atoms with Gasteiger partial charge in [-0.15, -0.1) is 0 Å². The second-order valence-corrected chi connectivity index (χ2v) is 5.76. The Morgan fingerprint density at radius 2 is 1.74 bits per heavy atom. The van der Waals surface area contributed by atoms with Gasteiger partial charge in [-0.2, -0.15) is 13.2 Å². The zero-order valence-corrected chi connectivity index (χ0v) is 12.9. The molecule has 3 aromatic rings. The third-order valence-corrected chi connectivity index (χ3v) is 4.03. The molecule has 1 heterocycles. The van der Waals surface area contributed by atoms with Crippen molar-refractivity contribution in [1.29, 1.82) is 0 Å². The van der Waals surface area contributed by atoms with Crippen LogP contribution in [0, 0.1) is 6.92 Å². The molecule has 0 N–H and O–H groups in total. The van der Waals surface area contributed by atoms with Gasteiger partial charge in [0.25, 0.3) is 0 Å². The van der Waals surface area contributed by atoms with E-state index in [1.165, 1.54) is 4.57 Å². The Morgan fingerprint density at radius 3 is 2.39 bits per heavy atom. The van der Waals surface area contributed by atoms with Crippen molar-refractivity contribution >= 4 is 21.8 Å². The van der Waals surface area contributed by atoms with Crippen molar-refractivity contribution in [2.75, 3.05) is 0 Å². The van der Waals surface area contributed by atoms with Crippen molar-refractivity contribution in [2.24, 2.45) is 0 Å². The lowest BCUT2D eigenvalue weighted by molar-refractivity contribution is -0.139. The molecule has 23 heavy (non-hydrogen) atoms. The van der Waals surface area contributed by atoms with Crippen LogP contribution in [0.3, 0.4) is 0 Å². The topological polar surface area (TPSA) is 22.0 Å². The molecule has 0 amide bonds. The number of pyridine rings is 1. The van der Waals surface area contributed by atoms with E-state index in [1.807, 2.05) is 13.8 Å². The van der Waals surface area contributed by atoms with Crippen molar-refractivity contribution in [3.63, 3.8) is 0 Å². The summed E-state index contributed by atoms with van der Waals surface area (Å²) in [4.78, 5) is 12.7. The number of hydrogen-bond acceptors (Lipinski definition) is 1. The summed E-state index contributed by atoms with van der Waals surface area (Å²) in [6.07, 6.45) is -3.66. The Balaban J connectivity index is 2.50. The second-order valence-electron chi connectivity index (χ2n) is 5.76. The van der Waals surface area contributed by atoms with Gasteiger partial charge in [-0.1, -0.05) is 24.6 Å². The molecule has 3 rings (SSSR count). The van der Waals surface area contributed by atoms with Crippen molar-refractivity contribution < 1.29 is 13.2 Å². The molecule has 0 aliphatic heterocycles. The molecule has 0 unspecified atom stereocenters. The molecule has 2 nitrogen and oxygen atoms in total. The molecule has 0 aliphatic rings. The summed E-state index contributed by atoms with van der Waals surface area (Å²) in [7, 11) is 0. The maximum Gasteiger partial charge on any atom is 0.406 e. The van der Waals surface area contributed by atoms with E-state index in [-0.39, 0.29) is 5.43 Å². The molecule has 0 spiro atoms. The number of benzene rings is 2. The van der Waals surface area contributed by atoms with Gasteiger partial charge in [-0.25, -0.2) is 0 Å². The van der Waals surface area contributed by atoms with Gasteiger partial charge in [0.1, 0.15) is 6.54 Å². The third-order valence-electron chi connectivity index (χ3n) is 4.03. The van der Waals surface area contributed by atoms with Crippen LogP contribution in [-0.2, 0) is 13.0 Å². The van der Waals surface area contributed by atoms with Gasteiger partial charge in [0, 0.05) is 10.8 Å². The first-order valence-corrected chi connectivity index (χ1v) is 7.42. The van der Waals surface area contributed by atoms with Gasteiger partial charge in [0.15, 0.2) is 5.43 Å². The van der Waals surface area contributed by atoms with Crippen LogP contribution in [0.4, 0.5) is 13.2 Å². The van der Waals surface area contributed by atoms with Crippen LogP contribution in [0.2, 0.25) is 0 Å². The van der Waals surface area contributed by atoms with Gasteiger partial charge < -0.3 is 4.57 Å². The van der Waals surface area contributed by atoms with Crippen molar-refractivity contribution in [1.82, 2.24) is 4.57 Å². The molecular formula is C18H16F3NO. The highest BCUT2D eigenvalue weighted by atomic mass is 19.4. The molecule has 5 heteroatoms. The summed E-state index contributed by atoms with van der Waals surface area (Å²) in [5.41, 5.74) is 2.18. The van der Waals surface area contributed by atoms with Crippen molar-refractivity contribution in [3.05, 3.63) is 57.7 Å². The van der Waals surface area contributed by atoms with E-state index < -0.39 is 12.7 Å². The average Bonchev–Trinajstić information content (AvgIpc) is 2.50. The van der Waals surface area contributed by atoms with Crippen LogP contribution in [0.5, 0.6) is 0 Å². The Morgan fingerprint density at radius 1 is 1.00 bits per heavy atom. The summed E-state index contributed by atoms with van der Waals surface area (Å²) >= 11 is 0. The van der Waals surface area contributed by atoms with Gasteiger partial charge in [0.2, 0.25) is 0 Å². The van der Waals surface area contributed by atoms with Crippen LogP contribution in [0.15, 0.2) is 41.2 Å². The minimum Gasteiger partial charge on any atom is -0.331 e. The molecule has 0 saturated carbocycles. The highest BCUT2D eigenvalue weighted by molar-refractivity contribution is 5.94. The van der Waals surface area contributed by atoms with E-state index in [0.717, 1.165) is 11.1 Å². The highest BCUT2D eigenvalue weighted by Crippen LogP contribution is 2.26. The SMILES string of the molecule is CCc1ccc2c(=O)c3cc(C)ccc3n(CC(F)(F)F)c2c1. The predicted molar refractivity (Wildman–Crippen MR) is 85.9 cm³/mol. The Hall–Kier alpha value is -2.30. The predicted octanol–water partition coefficient (Wildman–Crippen LogP) is 4.59. The fourth-order valence-corrected chi connectivity index (χ4v) is 2.90. The van der Waals surface area contributed by atoms with Crippen molar-refractivity contribution in [3.8, 4) is 0 Å².